The first kappa shape index (κ1) is 12.8. The summed E-state index contributed by atoms with van der Waals surface area (Å²) < 4.78 is 0. The van der Waals surface area contributed by atoms with Gasteiger partial charge in [0.05, 0.1) is 6.04 Å². The summed E-state index contributed by atoms with van der Waals surface area (Å²) in [6.07, 6.45) is 1.32. The molecule has 16 heavy (non-hydrogen) atoms. The van der Waals surface area contributed by atoms with Gasteiger partial charge in [0.15, 0.2) is 0 Å². The lowest BCUT2D eigenvalue weighted by atomic mass is 10.1. The summed E-state index contributed by atoms with van der Waals surface area (Å²) in [5, 5.41) is 2.28. The van der Waals surface area contributed by atoms with Gasteiger partial charge in [0.25, 0.3) is 0 Å². The maximum atomic E-state index is 11.2. The zero-order chi connectivity index (χ0) is 12.0. The minimum atomic E-state index is -0.499. The minimum Gasteiger partial charge on any atom is -0.346 e. The first-order valence-electron chi connectivity index (χ1n) is 5.13. The molecule has 1 atom stereocenters. The number of benzene rings is 1. The second kappa shape index (κ2) is 6.33. The van der Waals surface area contributed by atoms with Crippen LogP contribution in [0.15, 0.2) is 30.3 Å². The molecule has 1 N–H and O–H groups in total. The first-order valence-corrected chi connectivity index (χ1v) is 5.58. The molecular weight excluding hydrogens is 222 g/mol. The van der Waals surface area contributed by atoms with E-state index in [4.69, 9.17) is 0 Å². The van der Waals surface area contributed by atoms with Gasteiger partial charge in [-0.1, -0.05) is 30.3 Å². The van der Waals surface area contributed by atoms with E-state index in [0.29, 0.717) is 6.42 Å². The quantitative estimate of drug-likeness (QED) is 0.764. The van der Waals surface area contributed by atoms with Crippen molar-refractivity contribution in [1.82, 2.24) is 5.32 Å². The molecule has 0 saturated heterocycles. The van der Waals surface area contributed by atoms with E-state index in [1.807, 2.05) is 30.3 Å². The van der Waals surface area contributed by atoms with Crippen molar-refractivity contribution in [3.63, 3.8) is 0 Å². The molecule has 0 unspecified atom stereocenters. The zero-order valence-corrected chi connectivity index (χ0v) is 10.0. The van der Waals surface area contributed by atoms with E-state index in [1.54, 1.807) is 0 Å². The number of nitrogens with one attached hydrogen (secondary N) is 1. The molecule has 0 spiro atoms. The predicted octanol–water partition coefficient (Wildman–Crippen LogP) is 1.58. The lowest BCUT2D eigenvalue weighted by Gasteiger charge is -2.13. The van der Waals surface area contributed by atoms with Gasteiger partial charge in [-0.05, 0) is 18.4 Å². The summed E-state index contributed by atoms with van der Waals surface area (Å²) in [7, 11) is 0. The van der Waals surface area contributed by atoms with Crippen LogP contribution in [0.4, 0.5) is 0 Å². The van der Waals surface area contributed by atoms with E-state index in [-0.39, 0.29) is 11.0 Å². The Bertz CT molecular complexity index is 365. The Kier molecular flexibility index (Phi) is 5.05. The Labute approximate surface area is 101 Å². The van der Waals surface area contributed by atoms with E-state index in [9.17, 15) is 9.59 Å². The van der Waals surface area contributed by atoms with Crippen molar-refractivity contribution in [2.45, 2.75) is 25.8 Å². The van der Waals surface area contributed by atoms with Crippen LogP contribution in [0.2, 0.25) is 0 Å². The smallest absolute Gasteiger partial charge is 0.217 e. The van der Waals surface area contributed by atoms with Gasteiger partial charge >= 0.3 is 0 Å². The van der Waals surface area contributed by atoms with E-state index in [1.165, 1.54) is 6.92 Å². The molecule has 3 nitrogen and oxygen atoms in total. The third kappa shape index (κ3) is 4.49. The fourth-order valence-electron chi connectivity index (χ4n) is 1.46. The molecule has 0 bridgehead atoms. The van der Waals surface area contributed by atoms with Gasteiger partial charge in [0.2, 0.25) is 11.0 Å². The van der Waals surface area contributed by atoms with Crippen LogP contribution in [0.5, 0.6) is 0 Å². The lowest BCUT2D eigenvalue weighted by Crippen LogP contribution is -2.37. The first-order chi connectivity index (χ1) is 7.59. The second-order valence-electron chi connectivity index (χ2n) is 3.62. The highest BCUT2D eigenvalue weighted by molar-refractivity contribution is 7.96. The summed E-state index contributed by atoms with van der Waals surface area (Å²) in [5.74, 6) is -0.208. The summed E-state index contributed by atoms with van der Waals surface area (Å²) in [4.78, 5) is 22.0. The van der Waals surface area contributed by atoms with Crippen molar-refractivity contribution in [1.29, 1.82) is 0 Å². The number of hydrogen-bond donors (Lipinski definition) is 2. The molecule has 0 aromatic heterocycles. The Hall–Kier alpha value is -1.29. The normalized spacial score (nSPS) is 11.9. The number of carbonyl (C=O) groups is 2. The van der Waals surface area contributed by atoms with Crippen molar-refractivity contribution in [2.24, 2.45) is 0 Å². The Morgan fingerprint density at radius 3 is 2.44 bits per heavy atom. The molecule has 1 aromatic rings. The minimum absolute atomic E-state index is 0.208. The highest BCUT2D eigenvalue weighted by Gasteiger charge is 2.15. The van der Waals surface area contributed by atoms with Crippen molar-refractivity contribution in [2.75, 3.05) is 0 Å². The van der Waals surface area contributed by atoms with Crippen molar-refractivity contribution in [3.8, 4) is 0 Å². The maximum Gasteiger partial charge on any atom is 0.217 e. The van der Waals surface area contributed by atoms with Crippen LogP contribution in [0.25, 0.3) is 0 Å². The van der Waals surface area contributed by atoms with Gasteiger partial charge in [0.1, 0.15) is 0 Å². The van der Waals surface area contributed by atoms with E-state index < -0.39 is 6.04 Å². The van der Waals surface area contributed by atoms with Crippen molar-refractivity contribution < 1.29 is 9.59 Å². The van der Waals surface area contributed by atoms with Crippen LogP contribution < -0.4 is 5.32 Å². The van der Waals surface area contributed by atoms with Gasteiger partial charge in [-0.3, -0.25) is 9.59 Å². The van der Waals surface area contributed by atoms with Crippen LogP contribution in [-0.4, -0.2) is 17.1 Å². The molecule has 0 radical (unpaired) electrons. The largest absolute Gasteiger partial charge is 0.346 e. The Morgan fingerprint density at radius 1 is 1.31 bits per heavy atom. The average molecular weight is 237 g/mol. The van der Waals surface area contributed by atoms with Crippen molar-refractivity contribution >= 4 is 23.7 Å². The highest BCUT2D eigenvalue weighted by Crippen LogP contribution is 2.06. The number of amides is 1. The van der Waals surface area contributed by atoms with Gasteiger partial charge in [-0.2, -0.15) is 0 Å². The van der Waals surface area contributed by atoms with Gasteiger partial charge in [-0.15, -0.1) is 12.6 Å². The van der Waals surface area contributed by atoms with E-state index in [2.05, 4.69) is 17.9 Å². The Balaban J connectivity index is 2.50. The number of aryl methyl sites for hydroxylation is 1. The van der Waals surface area contributed by atoms with Crippen LogP contribution in [0.3, 0.4) is 0 Å². The molecule has 0 fully saturated rings. The monoisotopic (exact) mass is 237 g/mol. The van der Waals surface area contributed by atoms with E-state index >= 15 is 0 Å². The van der Waals surface area contributed by atoms with Gasteiger partial charge in [0, 0.05) is 6.92 Å². The molecule has 86 valence electrons. The van der Waals surface area contributed by atoms with Gasteiger partial charge < -0.3 is 5.32 Å². The molecular formula is C12H15NO2S. The third-order valence-electron chi connectivity index (χ3n) is 2.24. The van der Waals surface area contributed by atoms with Crippen molar-refractivity contribution in [3.05, 3.63) is 35.9 Å². The molecule has 1 rings (SSSR count). The number of thiol groups is 1. The van der Waals surface area contributed by atoms with Gasteiger partial charge in [-0.25, -0.2) is 0 Å². The van der Waals surface area contributed by atoms with E-state index in [0.717, 1.165) is 12.0 Å². The molecule has 4 heteroatoms. The van der Waals surface area contributed by atoms with Crippen LogP contribution in [-0.2, 0) is 16.0 Å². The SMILES string of the molecule is CC(=O)N[C@@H](CCc1ccccc1)C(=O)S. The zero-order valence-electron chi connectivity index (χ0n) is 9.14. The fraction of sp³-hybridized carbons (Fsp3) is 0.333. The number of rotatable bonds is 5. The highest BCUT2D eigenvalue weighted by atomic mass is 32.1. The van der Waals surface area contributed by atoms with Crippen LogP contribution in [0.1, 0.15) is 18.9 Å². The summed E-state index contributed by atoms with van der Waals surface area (Å²) in [6.45, 7) is 1.40. The summed E-state index contributed by atoms with van der Waals surface area (Å²) in [6, 6.07) is 9.33. The summed E-state index contributed by atoms with van der Waals surface area (Å²) in [5.41, 5.74) is 1.15. The number of carbonyl (C=O) groups excluding carboxylic acids is 2. The Morgan fingerprint density at radius 2 is 1.94 bits per heavy atom. The van der Waals surface area contributed by atoms with Crippen LogP contribution >= 0.6 is 12.6 Å². The molecule has 0 aliphatic rings. The van der Waals surface area contributed by atoms with Crippen LogP contribution in [0, 0.1) is 0 Å². The molecule has 1 aromatic carbocycles. The fourth-order valence-corrected chi connectivity index (χ4v) is 1.65. The predicted molar refractivity (Wildman–Crippen MR) is 66.4 cm³/mol. The third-order valence-corrected chi connectivity index (χ3v) is 2.55. The molecule has 1 amide bonds. The lowest BCUT2D eigenvalue weighted by molar-refractivity contribution is -0.123. The number of hydrogen-bond acceptors (Lipinski definition) is 2. The molecule has 0 aliphatic carbocycles. The summed E-state index contributed by atoms with van der Waals surface area (Å²) >= 11 is 3.76. The second-order valence-corrected chi connectivity index (χ2v) is 4.06. The molecule has 0 heterocycles. The topological polar surface area (TPSA) is 46.2 Å². The average Bonchev–Trinajstić information content (AvgIpc) is 2.25. The standard InChI is InChI=1S/C12H15NO2S/c1-9(14)13-11(12(15)16)8-7-10-5-3-2-4-6-10/h2-6,11H,7-8H2,1H3,(H,13,14)(H,15,16)/t11-/m0/s1. The molecule has 0 aliphatic heterocycles. The maximum absolute atomic E-state index is 11.2. The molecule has 0 saturated carbocycles.